The van der Waals surface area contributed by atoms with Crippen LogP contribution in [0.5, 0.6) is 0 Å². The Morgan fingerprint density at radius 3 is 2.50 bits per heavy atom. The Bertz CT molecular complexity index is 206. The van der Waals surface area contributed by atoms with E-state index in [4.69, 9.17) is 27.0 Å². The molecule has 0 aromatic carbocycles. The Morgan fingerprint density at radius 2 is 2.07 bits per heavy atom. The van der Waals surface area contributed by atoms with E-state index in [1.54, 1.807) is 0 Å². The van der Waals surface area contributed by atoms with E-state index in [2.05, 4.69) is 9.98 Å². The second-order valence-electron chi connectivity index (χ2n) is 2.65. The average Bonchev–Trinajstić information content (AvgIpc) is 2.03. The van der Waals surface area contributed by atoms with E-state index in [9.17, 15) is 0 Å². The third kappa shape index (κ3) is 6.21. The predicted molar refractivity (Wildman–Crippen MR) is 54.8 cm³/mol. The minimum atomic E-state index is -0.229. The lowest BCUT2D eigenvalue weighted by molar-refractivity contribution is 0.164. The molecule has 0 aliphatic heterocycles. The van der Waals surface area contributed by atoms with Crippen LogP contribution in [0.1, 0.15) is 6.42 Å². The summed E-state index contributed by atoms with van der Waals surface area (Å²) in [4.78, 5) is 7.50. The van der Waals surface area contributed by atoms with Crippen LogP contribution in [0.3, 0.4) is 0 Å². The molecule has 0 bridgehead atoms. The topological polar surface area (TPSA) is 132 Å². The highest BCUT2D eigenvalue weighted by atomic mass is 16.5. The van der Waals surface area contributed by atoms with Crippen molar-refractivity contribution >= 4 is 11.9 Å². The molecule has 0 saturated carbocycles. The molecule has 0 fully saturated rings. The highest BCUT2D eigenvalue weighted by Gasteiger charge is 2.06. The first-order valence-corrected chi connectivity index (χ1v) is 4.12. The molecule has 0 heterocycles. The molecule has 1 atom stereocenters. The second-order valence-corrected chi connectivity index (χ2v) is 2.65. The molecule has 7 N–H and O–H groups in total. The van der Waals surface area contributed by atoms with E-state index in [1.165, 1.54) is 7.11 Å². The number of hydrogen-bond donors (Lipinski definition) is 4. The molecule has 0 aromatic rings. The number of guanidine groups is 2. The molecule has 0 amide bonds. The zero-order valence-corrected chi connectivity index (χ0v) is 8.18. The largest absolute Gasteiger partial charge is 0.396 e. The van der Waals surface area contributed by atoms with Gasteiger partial charge < -0.3 is 27.0 Å². The fraction of sp³-hybridized carbons (Fsp3) is 0.714. The van der Waals surface area contributed by atoms with E-state index in [0.717, 1.165) is 0 Å². The van der Waals surface area contributed by atoms with E-state index >= 15 is 0 Å². The van der Waals surface area contributed by atoms with E-state index in [1.807, 2.05) is 0 Å². The van der Waals surface area contributed by atoms with Gasteiger partial charge in [0, 0.05) is 13.7 Å². The van der Waals surface area contributed by atoms with Gasteiger partial charge in [0.05, 0.1) is 12.6 Å². The SMILES string of the molecule is COCC(CCO)N=C(N)N=C(N)N. The maximum absolute atomic E-state index is 8.71. The van der Waals surface area contributed by atoms with E-state index in [-0.39, 0.29) is 24.6 Å². The minimum absolute atomic E-state index is 0.00658. The summed E-state index contributed by atoms with van der Waals surface area (Å²) in [5.41, 5.74) is 15.6. The Labute approximate surface area is 82.6 Å². The van der Waals surface area contributed by atoms with Crippen molar-refractivity contribution in [3.8, 4) is 0 Å². The molecule has 0 radical (unpaired) electrons. The van der Waals surface area contributed by atoms with Crippen LogP contribution < -0.4 is 17.2 Å². The number of aliphatic imine (C=N–C) groups is 2. The Hall–Kier alpha value is -1.34. The molecule has 0 aliphatic rings. The van der Waals surface area contributed by atoms with Crippen molar-refractivity contribution in [1.82, 2.24) is 0 Å². The summed E-state index contributed by atoms with van der Waals surface area (Å²) in [5.74, 6) is -0.160. The number of ether oxygens (including phenoxy) is 1. The summed E-state index contributed by atoms with van der Waals surface area (Å²) >= 11 is 0. The fourth-order valence-electron chi connectivity index (χ4n) is 0.875. The van der Waals surface area contributed by atoms with Gasteiger partial charge in [-0.25, -0.2) is 4.99 Å². The molecule has 0 saturated heterocycles. The van der Waals surface area contributed by atoms with Gasteiger partial charge in [0.25, 0.3) is 0 Å². The number of rotatable bonds is 5. The molecule has 14 heavy (non-hydrogen) atoms. The van der Waals surface area contributed by atoms with Gasteiger partial charge >= 0.3 is 0 Å². The lowest BCUT2D eigenvalue weighted by Crippen LogP contribution is -2.28. The third-order valence-corrected chi connectivity index (χ3v) is 1.38. The molecular weight excluding hydrogens is 186 g/mol. The maximum atomic E-state index is 8.71. The van der Waals surface area contributed by atoms with Crippen LogP contribution >= 0.6 is 0 Å². The van der Waals surface area contributed by atoms with E-state index in [0.29, 0.717) is 13.0 Å². The summed E-state index contributed by atoms with van der Waals surface area (Å²) in [7, 11) is 1.54. The smallest absolute Gasteiger partial charge is 0.218 e. The Kier molecular flexibility index (Phi) is 6.42. The molecule has 82 valence electrons. The zero-order chi connectivity index (χ0) is 11.0. The Balaban J connectivity index is 4.30. The maximum Gasteiger partial charge on any atom is 0.218 e. The molecular formula is C7H17N5O2. The number of aliphatic hydroxyl groups excluding tert-OH is 1. The normalized spacial score (nSPS) is 13.7. The first kappa shape index (κ1) is 12.7. The monoisotopic (exact) mass is 203 g/mol. The van der Waals surface area contributed by atoms with Crippen molar-refractivity contribution < 1.29 is 9.84 Å². The summed E-state index contributed by atoms with van der Waals surface area (Å²) < 4.78 is 4.88. The third-order valence-electron chi connectivity index (χ3n) is 1.38. The van der Waals surface area contributed by atoms with Crippen molar-refractivity contribution in [2.75, 3.05) is 20.3 Å². The molecule has 0 rings (SSSR count). The summed E-state index contributed by atoms with van der Waals surface area (Å²) in [6.07, 6.45) is 0.453. The van der Waals surface area contributed by atoms with Crippen LogP contribution in [-0.2, 0) is 4.74 Å². The standard InChI is InChI=1S/C7H17N5O2/c1-14-4-5(2-3-13)11-7(10)12-6(8)9/h5,13H,2-4H2,1H3,(H6,8,9,10,11,12). The highest BCUT2D eigenvalue weighted by Crippen LogP contribution is 1.98. The van der Waals surface area contributed by atoms with Gasteiger partial charge in [-0.05, 0) is 6.42 Å². The second kappa shape index (κ2) is 7.10. The summed E-state index contributed by atoms with van der Waals surface area (Å²) in [6.45, 7) is 0.369. The molecule has 0 aliphatic carbocycles. The number of nitrogens with two attached hydrogens (primary N) is 3. The molecule has 7 nitrogen and oxygen atoms in total. The predicted octanol–water partition coefficient (Wildman–Crippen LogP) is -2.03. The van der Waals surface area contributed by atoms with Gasteiger partial charge in [0.15, 0.2) is 5.96 Å². The average molecular weight is 203 g/mol. The first-order valence-electron chi connectivity index (χ1n) is 4.12. The van der Waals surface area contributed by atoms with Gasteiger partial charge in [-0.2, -0.15) is 4.99 Å². The summed E-state index contributed by atoms with van der Waals surface area (Å²) in [6, 6.07) is -0.229. The lowest BCUT2D eigenvalue weighted by Gasteiger charge is -2.09. The number of aliphatic hydroxyl groups is 1. The van der Waals surface area contributed by atoms with E-state index < -0.39 is 0 Å². The quantitative estimate of drug-likeness (QED) is 0.302. The zero-order valence-electron chi connectivity index (χ0n) is 8.18. The van der Waals surface area contributed by atoms with Gasteiger partial charge in [0.1, 0.15) is 0 Å². The number of methoxy groups -OCH3 is 1. The van der Waals surface area contributed by atoms with Gasteiger partial charge in [0.2, 0.25) is 5.96 Å². The van der Waals surface area contributed by atoms with Crippen LogP contribution in [0.15, 0.2) is 9.98 Å². The van der Waals surface area contributed by atoms with Crippen LogP contribution in [-0.4, -0.2) is 43.4 Å². The Morgan fingerprint density at radius 1 is 1.43 bits per heavy atom. The van der Waals surface area contributed by atoms with Crippen molar-refractivity contribution in [2.45, 2.75) is 12.5 Å². The molecule has 7 heteroatoms. The molecule has 0 aromatic heterocycles. The number of hydrogen-bond acceptors (Lipinski definition) is 3. The minimum Gasteiger partial charge on any atom is -0.396 e. The van der Waals surface area contributed by atoms with Crippen molar-refractivity contribution in [3.63, 3.8) is 0 Å². The fourth-order valence-corrected chi connectivity index (χ4v) is 0.875. The van der Waals surface area contributed by atoms with Crippen LogP contribution in [0.2, 0.25) is 0 Å². The number of nitrogens with zero attached hydrogens (tertiary/aromatic N) is 2. The van der Waals surface area contributed by atoms with Crippen molar-refractivity contribution in [2.24, 2.45) is 27.2 Å². The molecule has 0 spiro atoms. The van der Waals surface area contributed by atoms with Crippen molar-refractivity contribution in [1.29, 1.82) is 0 Å². The van der Waals surface area contributed by atoms with Crippen LogP contribution in [0, 0.1) is 0 Å². The van der Waals surface area contributed by atoms with Crippen LogP contribution in [0.4, 0.5) is 0 Å². The summed E-state index contributed by atoms with van der Waals surface area (Å²) in [5, 5.41) is 8.71. The highest BCUT2D eigenvalue weighted by molar-refractivity contribution is 5.92. The van der Waals surface area contributed by atoms with Gasteiger partial charge in [-0.1, -0.05) is 0 Å². The van der Waals surface area contributed by atoms with Crippen LogP contribution in [0.25, 0.3) is 0 Å². The molecule has 1 unspecified atom stereocenters. The van der Waals surface area contributed by atoms with Gasteiger partial charge in [-0.3, -0.25) is 0 Å². The van der Waals surface area contributed by atoms with Gasteiger partial charge in [-0.15, -0.1) is 0 Å². The first-order chi connectivity index (χ1) is 6.60. The lowest BCUT2D eigenvalue weighted by atomic mass is 10.2. The van der Waals surface area contributed by atoms with Crippen molar-refractivity contribution in [3.05, 3.63) is 0 Å².